The van der Waals surface area contributed by atoms with Crippen molar-refractivity contribution in [2.45, 2.75) is 19.9 Å². The second-order valence-corrected chi connectivity index (χ2v) is 5.33. The number of ether oxygens (including phenoxy) is 1. The van der Waals surface area contributed by atoms with Gasteiger partial charge < -0.3 is 10.1 Å². The molecule has 1 amide bonds. The Bertz CT molecular complexity index is 643. The zero-order valence-electron chi connectivity index (χ0n) is 13.2. The van der Waals surface area contributed by atoms with Crippen LogP contribution in [0.4, 0.5) is 0 Å². The van der Waals surface area contributed by atoms with Gasteiger partial charge >= 0.3 is 0 Å². The van der Waals surface area contributed by atoms with E-state index in [4.69, 9.17) is 4.74 Å². The molecule has 3 heteroatoms. The van der Waals surface area contributed by atoms with Crippen LogP contribution in [-0.4, -0.2) is 19.1 Å². The van der Waals surface area contributed by atoms with Crippen LogP contribution < -0.4 is 10.1 Å². The van der Waals surface area contributed by atoms with Crippen molar-refractivity contribution in [3.05, 3.63) is 65.7 Å². The van der Waals surface area contributed by atoms with Gasteiger partial charge in [0.25, 0.3) is 5.91 Å². The third-order valence-electron chi connectivity index (χ3n) is 3.18. The third-order valence-corrected chi connectivity index (χ3v) is 3.18. The molecule has 0 aliphatic heterocycles. The van der Waals surface area contributed by atoms with Crippen molar-refractivity contribution in [2.24, 2.45) is 0 Å². The second kappa shape index (κ2) is 7.46. The topological polar surface area (TPSA) is 38.3 Å². The third kappa shape index (κ3) is 4.22. The summed E-state index contributed by atoms with van der Waals surface area (Å²) in [7, 11) is 1.64. The average Bonchev–Trinajstić information content (AvgIpc) is 2.53. The van der Waals surface area contributed by atoms with Gasteiger partial charge in [-0.25, -0.2) is 0 Å². The smallest absolute Gasteiger partial charge is 0.252 e. The molecule has 0 fully saturated rings. The summed E-state index contributed by atoms with van der Waals surface area (Å²) in [6.07, 6.45) is 1.90. The molecule has 0 spiro atoms. The van der Waals surface area contributed by atoms with E-state index >= 15 is 0 Å². The van der Waals surface area contributed by atoms with E-state index in [0.29, 0.717) is 5.57 Å². The van der Waals surface area contributed by atoms with E-state index < -0.39 is 0 Å². The van der Waals surface area contributed by atoms with Crippen LogP contribution in [0.2, 0.25) is 0 Å². The minimum absolute atomic E-state index is 0.0722. The molecule has 0 atom stereocenters. The number of nitrogens with one attached hydrogen (secondary N) is 1. The molecule has 0 radical (unpaired) electrons. The maximum Gasteiger partial charge on any atom is 0.252 e. The zero-order valence-corrected chi connectivity index (χ0v) is 13.2. The minimum Gasteiger partial charge on any atom is -0.497 e. The molecule has 1 N–H and O–H groups in total. The lowest BCUT2D eigenvalue weighted by Crippen LogP contribution is -2.30. The maximum atomic E-state index is 12.5. The van der Waals surface area contributed by atoms with Gasteiger partial charge in [-0.1, -0.05) is 42.5 Å². The second-order valence-electron chi connectivity index (χ2n) is 5.33. The van der Waals surface area contributed by atoms with Gasteiger partial charge in [0.1, 0.15) is 5.75 Å². The van der Waals surface area contributed by atoms with Crippen molar-refractivity contribution < 1.29 is 9.53 Å². The Balaban J connectivity index is 2.38. The molecule has 0 saturated carbocycles. The summed E-state index contributed by atoms with van der Waals surface area (Å²) >= 11 is 0. The highest BCUT2D eigenvalue weighted by atomic mass is 16.5. The molecule has 0 saturated heterocycles. The maximum absolute atomic E-state index is 12.5. The highest BCUT2D eigenvalue weighted by Crippen LogP contribution is 2.20. The Morgan fingerprint density at radius 3 is 2.23 bits per heavy atom. The summed E-state index contributed by atoms with van der Waals surface area (Å²) in [6.45, 7) is 3.90. The number of carbonyl (C=O) groups is 1. The number of hydrogen-bond donors (Lipinski definition) is 1. The Kier molecular flexibility index (Phi) is 5.37. The standard InChI is InChI=1S/C19H21NO2/c1-14(2)20-19(21)18(16-7-5-4-6-8-16)13-15-9-11-17(22-3)12-10-15/h4-14H,1-3H3,(H,20,21)/b18-13+. The van der Waals surface area contributed by atoms with Gasteiger partial charge in [-0.15, -0.1) is 0 Å². The van der Waals surface area contributed by atoms with Crippen LogP contribution >= 0.6 is 0 Å². The first-order chi connectivity index (χ1) is 10.6. The molecule has 0 unspecified atom stereocenters. The van der Waals surface area contributed by atoms with Crippen LogP contribution in [0.3, 0.4) is 0 Å². The number of methoxy groups -OCH3 is 1. The van der Waals surface area contributed by atoms with Crippen LogP contribution in [0.15, 0.2) is 54.6 Å². The fourth-order valence-corrected chi connectivity index (χ4v) is 2.10. The fraction of sp³-hybridized carbons (Fsp3) is 0.211. The van der Waals surface area contributed by atoms with Gasteiger partial charge in [0.05, 0.1) is 7.11 Å². The first-order valence-electron chi connectivity index (χ1n) is 7.32. The first kappa shape index (κ1) is 15.8. The lowest BCUT2D eigenvalue weighted by atomic mass is 10.0. The summed E-state index contributed by atoms with van der Waals surface area (Å²) < 4.78 is 5.16. The van der Waals surface area contributed by atoms with Crippen molar-refractivity contribution >= 4 is 17.6 Å². The largest absolute Gasteiger partial charge is 0.497 e. The van der Waals surface area contributed by atoms with E-state index in [0.717, 1.165) is 16.9 Å². The van der Waals surface area contributed by atoms with Gasteiger partial charge in [0, 0.05) is 11.6 Å². The fourth-order valence-electron chi connectivity index (χ4n) is 2.10. The van der Waals surface area contributed by atoms with E-state index in [1.54, 1.807) is 7.11 Å². The summed E-state index contributed by atoms with van der Waals surface area (Å²) in [5.41, 5.74) is 2.51. The van der Waals surface area contributed by atoms with Gasteiger partial charge in [0.2, 0.25) is 0 Å². The monoisotopic (exact) mass is 295 g/mol. The van der Waals surface area contributed by atoms with Gasteiger partial charge in [0.15, 0.2) is 0 Å². The zero-order chi connectivity index (χ0) is 15.9. The van der Waals surface area contributed by atoms with E-state index in [9.17, 15) is 4.79 Å². The van der Waals surface area contributed by atoms with Crippen molar-refractivity contribution in [2.75, 3.05) is 7.11 Å². The summed E-state index contributed by atoms with van der Waals surface area (Å²) in [6, 6.07) is 17.4. The van der Waals surface area contributed by atoms with Crippen LogP contribution in [0.5, 0.6) is 5.75 Å². The number of amides is 1. The predicted octanol–water partition coefficient (Wildman–Crippen LogP) is 3.76. The van der Waals surface area contributed by atoms with E-state index in [1.807, 2.05) is 74.5 Å². The Labute approximate surface area is 131 Å². The quantitative estimate of drug-likeness (QED) is 0.674. The van der Waals surface area contributed by atoms with Crippen LogP contribution in [0.1, 0.15) is 25.0 Å². The van der Waals surface area contributed by atoms with Crippen molar-refractivity contribution in [1.29, 1.82) is 0 Å². The first-order valence-corrected chi connectivity index (χ1v) is 7.32. The van der Waals surface area contributed by atoms with Crippen molar-refractivity contribution in [3.8, 4) is 5.75 Å². The summed E-state index contributed by atoms with van der Waals surface area (Å²) in [4.78, 5) is 12.5. The summed E-state index contributed by atoms with van der Waals surface area (Å²) in [5, 5.41) is 2.95. The molecule has 114 valence electrons. The molecule has 0 aliphatic carbocycles. The van der Waals surface area contributed by atoms with Gasteiger partial charge in [-0.2, -0.15) is 0 Å². The lowest BCUT2D eigenvalue weighted by Gasteiger charge is -2.12. The van der Waals surface area contributed by atoms with Crippen LogP contribution in [0, 0.1) is 0 Å². The molecule has 2 aromatic rings. The number of rotatable bonds is 5. The molecule has 0 bridgehead atoms. The van der Waals surface area contributed by atoms with Crippen molar-refractivity contribution in [3.63, 3.8) is 0 Å². The molecule has 0 aromatic heterocycles. The normalized spacial score (nSPS) is 11.4. The summed E-state index contributed by atoms with van der Waals surface area (Å²) in [5.74, 6) is 0.724. The van der Waals surface area contributed by atoms with Crippen LogP contribution in [0.25, 0.3) is 11.6 Å². The van der Waals surface area contributed by atoms with Gasteiger partial charge in [-0.05, 0) is 43.2 Å². The van der Waals surface area contributed by atoms with Crippen molar-refractivity contribution in [1.82, 2.24) is 5.32 Å². The van der Waals surface area contributed by atoms with Crippen LogP contribution in [-0.2, 0) is 4.79 Å². The molecule has 0 aliphatic rings. The highest BCUT2D eigenvalue weighted by Gasteiger charge is 2.12. The molecule has 2 aromatic carbocycles. The number of benzene rings is 2. The van der Waals surface area contributed by atoms with Gasteiger partial charge in [-0.3, -0.25) is 4.79 Å². The molecule has 2 rings (SSSR count). The number of carbonyl (C=O) groups excluding carboxylic acids is 1. The molecule has 0 heterocycles. The molecule has 3 nitrogen and oxygen atoms in total. The SMILES string of the molecule is COc1ccc(/C=C(/C(=O)NC(C)C)c2ccccc2)cc1. The van der Waals surface area contributed by atoms with E-state index in [1.165, 1.54) is 0 Å². The number of hydrogen-bond acceptors (Lipinski definition) is 2. The van der Waals surface area contributed by atoms with E-state index in [-0.39, 0.29) is 11.9 Å². The molecular weight excluding hydrogens is 274 g/mol. The Morgan fingerprint density at radius 1 is 1.05 bits per heavy atom. The predicted molar refractivity (Wildman–Crippen MR) is 90.6 cm³/mol. The highest BCUT2D eigenvalue weighted by molar-refractivity contribution is 6.24. The Hall–Kier alpha value is -2.55. The lowest BCUT2D eigenvalue weighted by molar-refractivity contribution is -0.116. The van der Waals surface area contributed by atoms with E-state index in [2.05, 4.69) is 5.32 Å². The minimum atomic E-state index is -0.0722. The average molecular weight is 295 g/mol. The molecular formula is C19H21NO2. The Morgan fingerprint density at radius 2 is 1.68 bits per heavy atom. The molecule has 22 heavy (non-hydrogen) atoms.